The molecule has 0 aromatic rings. The summed E-state index contributed by atoms with van der Waals surface area (Å²) in [6.07, 6.45) is -0.157. The van der Waals surface area contributed by atoms with Gasteiger partial charge in [-0.2, -0.15) is 13.2 Å². The van der Waals surface area contributed by atoms with E-state index >= 15 is 0 Å². The lowest BCUT2D eigenvalue weighted by atomic mass is 9.93. The number of esters is 1. The molecule has 0 saturated carbocycles. The van der Waals surface area contributed by atoms with Gasteiger partial charge in [-0.25, -0.2) is 8.93 Å². The molecule has 0 unspecified atom stereocenters. The molecule has 0 aliphatic rings. The van der Waals surface area contributed by atoms with Crippen LogP contribution in [-0.2, 0) is 20.5 Å². The highest BCUT2D eigenvalue weighted by Crippen LogP contribution is 2.31. The van der Waals surface area contributed by atoms with Gasteiger partial charge in [0.05, 0.1) is 28.3 Å². The van der Waals surface area contributed by atoms with Crippen molar-refractivity contribution in [1.29, 1.82) is 0 Å². The van der Waals surface area contributed by atoms with E-state index in [1.165, 1.54) is 0 Å². The van der Waals surface area contributed by atoms with E-state index in [9.17, 15) is 22.2 Å². The molecule has 4 nitrogen and oxygen atoms in total. The predicted octanol–water partition coefficient (Wildman–Crippen LogP) is 4.90. The maximum absolute atomic E-state index is 13.6. The summed E-state index contributed by atoms with van der Waals surface area (Å²) in [6.45, 7) is 8.76. The van der Waals surface area contributed by atoms with Crippen LogP contribution in [0.4, 0.5) is 13.2 Å². The first-order valence-corrected chi connectivity index (χ1v) is 10.5. The number of nitrogens with one attached hydrogen (secondary N) is 1. The Morgan fingerprint density at radius 2 is 1.62 bits per heavy atom. The zero-order chi connectivity index (χ0) is 20.4. The fourth-order valence-electron chi connectivity index (χ4n) is 2.30. The number of carbonyl (C=O) groups excluding carboxylic acids is 1. The minimum Gasteiger partial charge on any atom is -0.465 e. The summed E-state index contributed by atoms with van der Waals surface area (Å²) >= 11 is 0. The zero-order valence-electron chi connectivity index (χ0n) is 16.6. The van der Waals surface area contributed by atoms with Crippen LogP contribution in [0.3, 0.4) is 0 Å². The van der Waals surface area contributed by atoms with Gasteiger partial charge in [0, 0.05) is 0 Å². The van der Waals surface area contributed by atoms with Crippen LogP contribution >= 0.6 is 0 Å². The van der Waals surface area contributed by atoms with E-state index in [1.54, 1.807) is 20.8 Å². The lowest BCUT2D eigenvalue weighted by Crippen LogP contribution is -2.53. The van der Waals surface area contributed by atoms with Crippen molar-refractivity contribution in [3.05, 3.63) is 0 Å². The second kappa shape index (κ2) is 12.0. The van der Waals surface area contributed by atoms with Crippen LogP contribution < -0.4 is 4.72 Å². The molecule has 0 aliphatic carbocycles. The minimum absolute atomic E-state index is 0.0590. The molecule has 26 heavy (non-hydrogen) atoms. The van der Waals surface area contributed by atoms with Crippen LogP contribution in [0.25, 0.3) is 0 Å². The number of carbonyl (C=O) groups is 1. The highest BCUT2D eigenvalue weighted by atomic mass is 32.2. The van der Waals surface area contributed by atoms with E-state index in [1.807, 2.05) is 13.8 Å². The minimum atomic E-state index is -4.69. The van der Waals surface area contributed by atoms with Crippen molar-refractivity contribution >= 4 is 17.0 Å². The van der Waals surface area contributed by atoms with Crippen LogP contribution in [0.1, 0.15) is 79.6 Å². The second-order valence-electron chi connectivity index (χ2n) is 7.50. The molecule has 0 spiro atoms. The molecule has 0 heterocycles. The maximum Gasteiger partial charge on any atom is 0.405 e. The molecule has 8 heteroatoms. The van der Waals surface area contributed by atoms with Crippen molar-refractivity contribution in [2.45, 2.75) is 96.5 Å². The normalized spacial score (nSPS) is 16.2. The van der Waals surface area contributed by atoms with Gasteiger partial charge in [-0.1, -0.05) is 46.0 Å². The van der Waals surface area contributed by atoms with Crippen molar-refractivity contribution in [1.82, 2.24) is 4.72 Å². The molecule has 156 valence electrons. The van der Waals surface area contributed by atoms with Crippen LogP contribution in [0.5, 0.6) is 0 Å². The van der Waals surface area contributed by atoms with Gasteiger partial charge in [0.2, 0.25) is 0 Å². The maximum atomic E-state index is 13.6. The topological polar surface area (TPSA) is 55.4 Å². The summed E-state index contributed by atoms with van der Waals surface area (Å²) in [6, 6.07) is -2.18. The number of hydrogen-bond acceptors (Lipinski definition) is 3. The summed E-state index contributed by atoms with van der Waals surface area (Å²) in [5.74, 6) is -2.26. The van der Waals surface area contributed by atoms with Crippen molar-refractivity contribution < 1.29 is 26.9 Å². The summed E-state index contributed by atoms with van der Waals surface area (Å²) in [7, 11) is -1.95. The Morgan fingerprint density at radius 1 is 1.04 bits per heavy atom. The third-order valence-electron chi connectivity index (χ3n) is 3.96. The molecule has 0 amide bonds. The van der Waals surface area contributed by atoms with Crippen molar-refractivity contribution in [3.8, 4) is 0 Å². The Labute approximate surface area is 158 Å². The molecular formula is C18H34F3NO3S. The first kappa shape index (κ1) is 25.4. The molecule has 0 rings (SSSR count). The molecular weight excluding hydrogens is 367 g/mol. The first-order valence-electron chi connectivity index (χ1n) is 9.36. The number of halogens is 3. The largest absolute Gasteiger partial charge is 0.465 e. The first-order chi connectivity index (χ1) is 11.9. The summed E-state index contributed by atoms with van der Waals surface area (Å²) in [5.41, 5.74) is 0. The Kier molecular flexibility index (Phi) is 11.7. The van der Waals surface area contributed by atoms with Crippen LogP contribution in [0.15, 0.2) is 0 Å². The summed E-state index contributed by atoms with van der Waals surface area (Å²) in [5, 5.41) is 0. The smallest absolute Gasteiger partial charge is 0.405 e. The number of alkyl halides is 3. The lowest BCUT2D eigenvalue weighted by Gasteiger charge is -2.30. The Hall–Kier alpha value is -0.630. The summed E-state index contributed by atoms with van der Waals surface area (Å²) < 4.78 is 59.5. The molecule has 0 aromatic heterocycles. The van der Waals surface area contributed by atoms with E-state index in [2.05, 4.69) is 4.72 Å². The van der Waals surface area contributed by atoms with Crippen LogP contribution in [-0.4, -0.2) is 33.8 Å². The number of hydrogen-bond donors (Lipinski definition) is 1. The van der Waals surface area contributed by atoms with Crippen molar-refractivity contribution in [3.63, 3.8) is 0 Å². The number of ether oxygens (including phenoxy) is 1. The van der Waals surface area contributed by atoms with Crippen LogP contribution in [0.2, 0.25) is 0 Å². The Bertz CT molecular complexity index is 436. The van der Waals surface area contributed by atoms with Crippen molar-refractivity contribution in [2.75, 3.05) is 6.61 Å². The van der Waals surface area contributed by atoms with E-state index in [4.69, 9.17) is 4.74 Å². The third-order valence-corrected chi connectivity index (χ3v) is 5.54. The molecule has 0 bridgehead atoms. The second-order valence-corrected chi connectivity index (χ2v) is 9.49. The third kappa shape index (κ3) is 9.90. The molecule has 0 saturated heterocycles. The van der Waals surface area contributed by atoms with E-state index in [0.29, 0.717) is 12.8 Å². The van der Waals surface area contributed by atoms with E-state index < -0.39 is 39.8 Å². The molecule has 0 radical (unpaired) electrons. The molecule has 0 aliphatic heterocycles. The fourth-order valence-corrected chi connectivity index (χ4v) is 3.19. The summed E-state index contributed by atoms with van der Waals surface area (Å²) in [4.78, 5) is 12.3. The van der Waals surface area contributed by atoms with Gasteiger partial charge >= 0.3 is 12.1 Å². The van der Waals surface area contributed by atoms with E-state index in [0.717, 1.165) is 25.7 Å². The van der Waals surface area contributed by atoms with Gasteiger partial charge in [0.25, 0.3) is 0 Å². The predicted molar refractivity (Wildman–Crippen MR) is 99.0 cm³/mol. The fraction of sp³-hybridized carbons (Fsp3) is 0.944. The average molecular weight is 402 g/mol. The Balaban J connectivity index is 5.34. The van der Waals surface area contributed by atoms with E-state index in [-0.39, 0.29) is 13.0 Å². The molecule has 3 atom stereocenters. The highest BCUT2D eigenvalue weighted by molar-refractivity contribution is 7.84. The Morgan fingerprint density at radius 3 is 2.08 bits per heavy atom. The monoisotopic (exact) mass is 401 g/mol. The van der Waals surface area contributed by atoms with Gasteiger partial charge in [-0.05, 0) is 33.6 Å². The molecule has 0 fully saturated rings. The van der Waals surface area contributed by atoms with Crippen LogP contribution in [0, 0.1) is 5.92 Å². The SMILES string of the molecule is CCCCCC[C@H](C(=O)OCCCC)[C@H](N[S@@](=O)C(C)(C)C)C(F)(F)F. The highest BCUT2D eigenvalue weighted by Gasteiger charge is 2.49. The van der Waals surface area contributed by atoms with Gasteiger partial charge in [-0.3, -0.25) is 4.79 Å². The molecule has 0 aromatic carbocycles. The van der Waals surface area contributed by atoms with Crippen molar-refractivity contribution in [2.24, 2.45) is 5.92 Å². The lowest BCUT2D eigenvalue weighted by molar-refractivity contribution is -0.179. The average Bonchev–Trinajstić information content (AvgIpc) is 2.51. The van der Waals surface area contributed by atoms with Gasteiger partial charge < -0.3 is 4.74 Å². The van der Waals surface area contributed by atoms with Gasteiger partial charge in [0.1, 0.15) is 6.04 Å². The van der Waals surface area contributed by atoms with Gasteiger partial charge in [0.15, 0.2) is 0 Å². The zero-order valence-corrected chi connectivity index (χ0v) is 17.4. The number of rotatable bonds is 12. The molecule has 1 N–H and O–H groups in total. The quantitative estimate of drug-likeness (QED) is 0.374. The van der Waals surface area contributed by atoms with Gasteiger partial charge in [-0.15, -0.1) is 0 Å². The standard InChI is InChI=1S/C18H34F3NO3S/c1-6-8-10-11-12-14(16(23)25-13-9-7-2)15(18(19,20)21)22-26(24)17(3,4)5/h14-15,22H,6-13H2,1-5H3/t14-,15-,26-/m0/s1. The number of unbranched alkanes of at least 4 members (excludes halogenated alkanes) is 4.